The molecule has 1 aromatic rings. The second-order valence-corrected chi connectivity index (χ2v) is 11.7. The number of Topliss-reactive ketones (excluding diaryl/α,β-unsaturated/α-hetero) is 1. The van der Waals surface area contributed by atoms with Crippen molar-refractivity contribution in [1.82, 2.24) is 0 Å². The van der Waals surface area contributed by atoms with Crippen LogP contribution in [0.1, 0.15) is 115 Å². The van der Waals surface area contributed by atoms with Gasteiger partial charge in [0, 0.05) is 0 Å². The van der Waals surface area contributed by atoms with E-state index in [-0.39, 0.29) is 23.9 Å². The first-order valence-electron chi connectivity index (χ1n) is 13.9. The molecule has 0 aromatic heterocycles. The van der Waals surface area contributed by atoms with E-state index in [2.05, 4.69) is 19.9 Å². The van der Waals surface area contributed by atoms with Gasteiger partial charge in [-0.15, -0.1) is 0 Å². The monoisotopic (exact) mass is 454 g/mol. The van der Waals surface area contributed by atoms with E-state index in [0.29, 0.717) is 29.4 Å². The van der Waals surface area contributed by atoms with Crippen LogP contribution in [0, 0.1) is 23.2 Å². The number of unbranched alkanes of at least 4 members (excludes halogenated alkanes) is 6. The van der Waals surface area contributed by atoms with Crippen molar-refractivity contribution in [3.05, 3.63) is 29.3 Å². The number of phenolic OH excluding ortho intramolecular Hbond substituents is 1. The highest BCUT2D eigenvalue weighted by Gasteiger charge is 2.57. The van der Waals surface area contributed by atoms with Gasteiger partial charge in [0.15, 0.2) is 5.78 Å². The highest BCUT2D eigenvalue weighted by atomic mass is 16.5. The SMILES string of the molecule is CCCCCCCCCC1Cc2cc(O)ccc2C2CC[C@@]3(C)C(CC[C@@H]3OCC(C)=O)C12. The maximum Gasteiger partial charge on any atom is 0.155 e. The third-order valence-electron chi connectivity index (χ3n) is 9.46. The topological polar surface area (TPSA) is 46.5 Å². The fourth-order valence-corrected chi connectivity index (χ4v) is 7.87. The number of fused-ring (bicyclic) bond motifs is 5. The Morgan fingerprint density at radius 3 is 2.61 bits per heavy atom. The Balaban J connectivity index is 1.49. The standard InChI is InChI=1S/C30H46O3/c1-4-5-6-7-8-9-10-11-22-18-23-19-24(32)12-13-25(23)26-16-17-30(3)27(29(22)26)14-15-28(30)33-20-21(2)31/h12-13,19,22,26-29,32H,4-11,14-18,20H2,1-3H3/t22?,26?,27?,28-,29?,30-/m0/s1. The Morgan fingerprint density at radius 1 is 1.09 bits per heavy atom. The van der Waals surface area contributed by atoms with E-state index < -0.39 is 0 Å². The molecule has 0 amide bonds. The zero-order valence-corrected chi connectivity index (χ0v) is 21.3. The summed E-state index contributed by atoms with van der Waals surface area (Å²) in [6.07, 6.45) is 16.9. The summed E-state index contributed by atoms with van der Waals surface area (Å²) in [6.45, 7) is 6.65. The number of hydrogen-bond acceptors (Lipinski definition) is 3. The third kappa shape index (κ3) is 5.34. The normalized spacial score (nSPS) is 32.8. The van der Waals surface area contributed by atoms with Crippen LogP contribution in [0.25, 0.3) is 0 Å². The molecule has 2 fully saturated rings. The number of benzene rings is 1. The van der Waals surface area contributed by atoms with E-state index in [1.54, 1.807) is 6.92 Å². The van der Waals surface area contributed by atoms with Crippen molar-refractivity contribution in [2.75, 3.05) is 6.61 Å². The second-order valence-electron chi connectivity index (χ2n) is 11.7. The predicted octanol–water partition coefficient (Wildman–Crippen LogP) is 7.59. The fourth-order valence-electron chi connectivity index (χ4n) is 7.87. The van der Waals surface area contributed by atoms with E-state index in [9.17, 15) is 9.90 Å². The van der Waals surface area contributed by atoms with Gasteiger partial charge in [-0.3, -0.25) is 4.79 Å². The summed E-state index contributed by atoms with van der Waals surface area (Å²) in [5.41, 5.74) is 3.10. The molecule has 0 saturated heterocycles. The largest absolute Gasteiger partial charge is 0.508 e. The van der Waals surface area contributed by atoms with E-state index in [1.807, 2.05) is 12.1 Å². The van der Waals surface area contributed by atoms with Gasteiger partial charge in [0.1, 0.15) is 12.4 Å². The minimum atomic E-state index is 0.138. The molecule has 3 aliphatic carbocycles. The Bertz CT molecular complexity index is 802. The van der Waals surface area contributed by atoms with Crippen LogP contribution < -0.4 is 0 Å². The molecule has 0 bridgehead atoms. The maximum atomic E-state index is 11.6. The molecular weight excluding hydrogens is 408 g/mol. The Hall–Kier alpha value is -1.35. The molecule has 184 valence electrons. The first-order chi connectivity index (χ1) is 15.9. The van der Waals surface area contributed by atoms with E-state index in [0.717, 1.165) is 12.8 Å². The molecule has 0 aliphatic heterocycles. The van der Waals surface area contributed by atoms with Gasteiger partial charge in [0.25, 0.3) is 0 Å². The van der Waals surface area contributed by atoms with Gasteiger partial charge in [-0.1, -0.05) is 64.9 Å². The van der Waals surface area contributed by atoms with Crippen LogP contribution in [0.5, 0.6) is 5.75 Å². The highest BCUT2D eigenvalue weighted by molar-refractivity contribution is 5.76. The van der Waals surface area contributed by atoms with Crippen LogP contribution in [0.15, 0.2) is 18.2 Å². The van der Waals surface area contributed by atoms with Crippen LogP contribution in [0.4, 0.5) is 0 Å². The number of carbonyl (C=O) groups is 1. The van der Waals surface area contributed by atoms with Crippen molar-refractivity contribution in [2.24, 2.45) is 23.2 Å². The lowest BCUT2D eigenvalue weighted by atomic mass is 9.52. The average molecular weight is 455 g/mol. The average Bonchev–Trinajstić information content (AvgIpc) is 3.12. The van der Waals surface area contributed by atoms with Gasteiger partial charge in [-0.25, -0.2) is 0 Å². The molecule has 4 unspecified atom stereocenters. The van der Waals surface area contributed by atoms with Crippen molar-refractivity contribution in [2.45, 2.75) is 116 Å². The third-order valence-corrected chi connectivity index (χ3v) is 9.46. The Morgan fingerprint density at radius 2 is 1.85 bits per heavy atom. The molecular formula is C30H46O3. The van der Waals surface area contributed by atoms with Crippen molar-refractivity contribution >= 4 is 5.78 Å². The number of ketones is 1. The first kappa shape index (κ1) is 24.8. The lowest BCUT2D eigenvalue weighted by Gasteiger charge is -2.53. The van der Waals surface area contributed by atoms with E-state index in [4.69, 9.17) is 4.74 Å². The summed E-state index contributed by atoms with van der Waals surface area (Å²) in [5, 5.41) is 10.2. The highest BCUT2D eigenvalue weighted by Crippen LogP contribution is 2.63. The summed E-state index contributed by atoms with van der Waals surface area (Å²) in [5.74, 6) is 3.28. The summed E-state index contributed by atoms with van der Waals surface area (Å²) in [7, 11) is 0. The van der Waals surface area contributed by atoms with Crippen LogP contribution >= 0.6 is 0 Å². The van der Waals surface area contributed by atoms with Crippen LogP contribution in [0.3, 0.4) is 0 Å². The molecule has 3 heteroatoms. The number of phenols is 1. The Labute approximate surface area is 201 Å². The summed E-state index contributed by atoms with van der Waals surface area (Å²) in [6, 6.07) is 6.16. The molecule has 1 aromatic carbocycles. The molecule has 0 spiro atoms. The second kappa shape index (κ2) is 10.9. The van der Waals surface area contributed by atoms with Crippen molar-refractivity contribution in [1.29, 1.82) is 0 Å². The molecule has 3 nitrogen and oxygen atoms in total. The lowest BCUT2D eigenvalue weighted by Crippen LogP contribution is -2.48. The number of carbonyl (C=O) groups excluding carboxylic acids is 1. The minimum Gasteiger partial charge on any atom is -0.508 e. The molecule has 3 aliphatic rings. The van der Waals surface area contributed by atoms with Gasteiger partial charge in [0.2, 0.25) is 0 Å². The molecule has 2 saturated carbocycles. The van der Waals surface area contributed by atoms with Crippen molar-refractivity contribution in [3.8, 4) is 5.75 Å². The zero-order chi connectivity index (χ0) is 23.4. The van der Waals surface area contributed by atoms with Gasteiger partial charge in [0.05, 0.1) is 6.10 Å². The van der Waals surface area contributed by atoms with Crippen LogP contribution in [-0.4, -0.2) is 23.6 Å². The van der Waals surface area contributed by atoms with Gasteiger partial charge < -0.3 is 9.84 Å². The molecule has 6 atom stereocenters. The number of ether oxygens (including phenoxy) is 1. The Kier molecular flexibility index (Phi) is 8.20. The molecule has 0 heterocycles. The van der Waals surface area contributed by atoms with Gasteiger partial charge in [-0.2, -0.15) is 0 Å². The maximum absolute atomic E-state index is 11.6. The summed E-state index contributed by atoms with van der Waals surface area (Å²) < 4.78 is 6.20. The fraction of sp³-hybridized carbons (Fsp3) is 0.767. The zero-order valence-electron chi connectivity index (χ0n) is 21.3. The lowest BCUT2D eigenvalue weighted by molar-refractivity contribution is -0.128. The van der Waals surface area contributed by atoms with Crippen LogP contribution in [-0.2, 0) is 16.0 Å². The summed E-state index contributed by atoms with van der Waals surface area (Å²) in [4.78, 5) is 11.6. The van der Waals surface area contributed by atoms with Crippen LogP contribution in [0.2, 0.25) is 0 Å². The van der Waals surface area contributed by atoms with E-state index in [1.165, 1.54) is 81.8 Å². The van der Waals surface area contributed by atoms with E-state index >= 15 is 0 Å². The molecule has 0 radical (unpaired) electrons. The predicted molar refractivity (Wildman–Crippen MR) is 135 cm³/mol. The molecule has 4 rings (SSSR count). The van der Waals surface area contributed by atoms with Crippen molar-refractivity contribution in [3.63, 3.8) is 0 Å². The minimum absolute atomic E-state index is 0.138. The van der Waals surface area contributed by atoms with Gasteiger partial charge >= 0.3 is 0 Å². The smallest absolute Gasteiger partial charge is 0.155 e. The number of aromatic hydroxyl groups is 1. The molecule has 1 N–H and O–H groups in total. The molecule has 33 heavy (non-hydrogen) atoms. The number of rotatable bonds is 11. The van der Waals surface area contributed by atoms with Gasteiger partial charge in [-0.05, 0) is 97.8 Å². The van der Waals surface area contributed by atoms with Crippen molar-refractivity contribution < 1.29 is 14.6 Å². The number of hydrogen-bond donors (Lipinski definition) is 1. The first-order valence-corrected chi connectivity index (χ1v) is 13.9. The summed E-state index contributed by atoms with van der Waals surface area (Å²) >= 11 is 0. The quantitative estimate of drug-likeness (QED) is 0.350.